The van der Waals surface area contributed by atoms with E-state index in [2.05, 4.69) is 16.9 Å². The number of rotatable bonds is 6. The van der Waals surface area contributed by atoms with Gasteiger partial charge in [-0.1, -0.05) is 6.07 Å². The zero-order valence-corrected chi connectivity index (χ0v) is 10.3. The molecule has 0 aliphatic heterocycles. The molecule has 1 aromatic heterocycles. The molecule has 0 fully saturated rings. The third-order valence-electron chi connectivity index (χ3n) is 2.39. The first-order valence-electron chi connectivity index (χ1n) is 5.56. The fraction of sp³-hybridized carbons (Fsp3) is 0.583. The normalized spacial score (nSPS) is 12.8. The van der Waals surface area contributed by atoms with Crippen LogP contribution in [-0.4, -0.2) is 36.6 Å². The van der Waals surface area contributed by atoms with Crippen molar-refractivity contribution in [3.05, 3.63) is 23.9 Å². The van der Waals surface area contributed by atoms with Crippen LogP contribution in [0.25, 0.3) is 0 Å². The van der Waals surface area contributed by atoms with Crippen molar-refractivity contribution in [1.82, 2.24) is 9.88 Å². The van der Waals surface area contributed by atoms with Gasteiger partial charge in [-0.05, 0) is 33.0 Å². The number of pyridine rings is 1. The Labute approximate surface area is 97.4 Å². The predicted molar refractivity (Wildman–Crippen MR) is 65.4 cm³/mol. The quantitative estimate of drug-likeness (QED) is 0.789. The summed E-state index contributed by atoms with van der Waals surface area (Å²) in [5.74, 6) is 0.665. The molecular formula is C12H21N3O. The van der Waals surface area contributed by atoms with E-state index in [1.807, 2.05) is 25.1 Å². The number of nitrogens with zero attached hydrogens (tertiary/aromatic N) is 2. The molecule has 0 spiro atoms. The molecule has 4 heteroatoms. The van der Waals surface area contributed by atoms with E-state index < -0.39 is 0 Å². The molecule has 0 amide bonds. The lowest BCUT2D eigenvalue weighted by Crippen LogP contribution is -2.26. The maximum atomic E-state index is 5.72. The summed E-state index contributed by atoms with van der Waals surface area (Å²) in [6.07, 6.45) is 1.00. The van der Waals surface area contributed by atoms with Crippen molar-refractivity contribution in [2.75, 3.05) is 20.7 Å². The van der Waals surface area contributed by atoms with Crippen molar-refractivity contribution >= 4 is 0 Å². The summed E-state index contributed by atoms with van der Waals surface area (Å²) in [5.41, 5.74) is 6.74. The minimum atomic E-state index is 0.251. The van der Waals surface area contributed by atoms with E-state index in [1.54, 1.807) is 7.11 Å². The molecule has 0 radical (unpaired) electrons. The van der Waals surface area contributed by atoms with Crippen LogP contribution in [0.5, 0.6) is 5.88 Å². The highest BCUT2D eigenvalue weighted by molar-refractivity contribution is 5.15. The van der Waals surface area contributed by atoms with Crippen LogP contribution in [0, 0.1) is 0 Å². The maximum absolute atomic E-state index is 5.72. The first kappa shape index (κ1) is 12.9. The maximum Gasteiger partial charge on any atom is 0.213 e. The van der Waals surface area contributed by atoms with E-state index >= 15 is 0 Å². The van der Waals surface area contributed by atoms with E-state index in [-0.39, 0.29) is 6.04 Å². The van der Waals surface area contributed by atoms with Crippen molar-refractivity contribution < 1.29 is 4.74 Å². The minimum Gasteiger partial charge on any atom is -0.481 e. The van der Waals surface area contributed by atoms with Gasteiger partial charge in [0.1, 0.15) is 0 Å². The molecule has 0 saturated carbocycles. The van der Waals surface area contributed by atoms with Gasteiger partial charge in [0, 0.05) is 18.7 Å². The number of methoxy groups -OCH3 is 1. The highest BCUT2D eigenvalue weighted by Gasteiger charge is 2.04. The van der Waals surface area contributed by atoms with Gasteiger partial charge in [0.2, 0.25) is 5.88 Å². The largest absolute Gasteiger partial charge is 0.481 e. The Balaban J connectivity index is 2.45. The lowest BCUT2D eigenvalue weighted by atomic mass is 10.2. The van der Waals surface area contributed by atoms with Crippen LogP contribution in [0.2, 0.25) is 0 Å². The summed E-state index contributed by atoms with van der Waals surface area (Å²) in [7, 11) is 3.70. The summed E-state index contributed by atoms with van der Waals surface area (Å²) >= 11 is 0. The summed E-state index contributed by atoms with van der Waals surface area (Å²) in [4.78, 5) is 6.58. The van der Waals surface area contributed by atoms with Crippen LogP contribution in [0.4, 0.5) is 0 Å². The van der Waals surface area contributed by atoms with Gasteiger partial charge < -0.3 is 15.4 Å². The van der Waals surface area contributed by atoms with Crippen LogP contribution in [0.1, 0.15) is 19.0 Å². The molecular weight excluding hydrogens is 202 g/mol. The van der Waals surface area contributed by atoms with Crippen LogP contribution in [0.3, 0.4) is 0 Å². The van der Waals surface area contributed by atoms with Crippen molar-refractivity contribution in [2.24, 2.45) is 5.73 Å². The molecule has 1 aromatic rings. The van der Waals surface area contributed by atoms with E-state index in [9.17, 15) is 0 Å². The van der Waals surface area contributed by atoms with Crippen molar-refractivity contribution in [2.45, 2.75) is 25.9 Å². The monoisotopic (exact) mass is 223 g/mol. The molecule has 1 heterocycles. The molecule has 90 valence electrons. The molecule has 4 nitrogen and oxygen atoms in total. The second-order valence-corrected chi connectivity index (χ2v) is 4.18. The second kappa shape index (κ2) is 6.45. The molecule has 1 rings (SSSR count). The fourth-order valence-electron chi connectivity index (χ4n) is 1.44. The number of ether oxygens (including phenoxy) is 1. The van der Waals surface area contributed by atoms with Gasteiger partial charge in [0.25, 0.3) is 0 Å². The zero-order chi connectivity index (χ0) is 12.0. The molecule has 0 aromatic carbocycles. The van der Waals surface area contributed by atoms with Crippen molar-refractivity contribution in [3.63, 3.8) is 0 Å². The zero-order valence-electron chi connectivity index (χ0n) is 10.3. The van der Waals surface area contributed by atoms with Crippen LogP contribution < -0.4 is 10.5 Å². The summed E-state index contributed by atoms with van der Waals surface area (Å²) in [6.45, 7) is 3.83. The van der Waals surface area contributed by atoms with Gasteiger partial charge in [-0.2, -0.15) is 0 Å². The predicted octanol–water partition coefficient (Wildman–Crippen LogP) is 1.26. The average molecular weight is 223 g/mol. The number of nitrogens with two attached hydrogens (primary N) is 1. The first-order valence-corrected chi connectivity index (χ1v) is 5.56. The summed E-state index contributed by atoms with van der Waals surface area (Å²) in [6, 6.07) is 6.07. The molecule has 2 N–H and O–H groups in total. The Bertz CT molecular complexity index is 315. The van der Waals surface area contributed by atoms with E-state index in [1.165, 1.54) is 0 Å². The van der Waals surface area contributed by atoms with E-state index in [4.69, 9.17) is 10.5 Å². The Morgan fingerprint density at radius 1 is 1.50 bits per heavy atom. The van der Waals surface area contributed by atoms with Crippen LogP contribution >= 0.6 is 0 Å². The standard InChI is InChI=1S/C12H21N3O/c1-10(13)7-8-15(2)9-11-5-4-6-12(14-11)16-3/h4-6,10H,7-9,13H2,1-3H3. The smallest absolute Gasteiger partial charge is 0.213 e. The van der Waals surface area contributed by atoms with E-state index in [0.29, 0.717) is 5.88 Å². The summed E-state index contributed by atoms with van der Waals surface area (Å²) < 4.78 is 5.08. The van der Waals surface area contributed by atoms with Crippen LogP contribution in [0.15, 0.2) is 18.2 Å². The lowest BCUT2D eigenvalue weighted by molar-refractivity contribution is 0.307. The third kappa shape index (κ3) is 4.59. The Kier molecular flexibility index (Phi) is 5.22. The number of hydrogen-bond donors (Lipinski definition) is 1. The molecule has 16 heavy (non-hydrogen) atoms. The SMILES string of the molecule is COc1cccc(CN(C)CCC(C)N)n1. The molecule has 1 unspecified atom stereocenters. The second-order valence-electron chi connectivity index (χ2n) is 4.18. The highest BCUT2D eigenvalue weighted by Crippen LogP contribution is 2.08. The van der Waals surface area contributed by atoms with Gasteiger partial charge in [0.05, 0.1) is 12.8 Å². The molecule has 1 atom stereocenters. The van der Waals surface area contributed by atoms with Crippen molar-refractivity contribution in [3.8, 4) is 5.88 Å². The Morgan fingerprint density at radius 2 is 2.25 bits per heavy atom. The van der Waals surface area contributed by atoms with Gasteiger partial charge in [-0.25, -0.2) is 4.98 Å². The number of aromatic nitrogens is 1. The third-order valence-corrected chi connectivity index (χ3v) is 2.39. The summed E-state index contributed by atoms with van der Waals surface area (Å²) in [5, 5.41) is 0. The molecule has 0 aliphatic rings. The lowest BCUT2D eigenvalue weighted by Gasteiger charge is -2.17. The van der Waals surface area contributed by atoms with Gasteiger partial charge in [0.15, 0.2) is 0 Å². The fourth-order valence-corrected chi connectivity index (χ4v) is 1.44. The Hall–Kier alpha value is -1.13. The average Bonchev–Trinajstić information content (AvgIpc) is 2.26. The molecule has 0 saturated heterocycles. The highest BCUT2D eigenvalue weighted by atomic mass is 16.5. The van der Waals surface area contributed by atoms with Crippen molar-refractivity contribution in [1.29, 1.82) is 0 Å². The van der Waals surface area contributed by atoms with Gasteiger partial charge in [-0.3, -0.25) is 0 Å². The Morgan fingerprint density at radius 3 is 2.88 bits per heavy atom. The molecule has 0 aliphatic carbocycles. The van der Waals surface area contributed by atoms with Gasteiger partial charge in [-0.15, -0.1) is 0 Å². The van der Waals surface area contributed by atoms with Gasteiger partial charge >= 0.3 is 0 Å². The first-order chi connectivity index (χ1) is 7.61. The molecule has 0 bridgehead atoms. The minimum absolute atomic E-state index is 0.251. The van der Waals surface area contributed by atoms with E-state index in [0.717, 1.165) is 25.2 Å². The van der Waals surface area contributed by atoms with Crippen LogP contribution in [-0.2, 0) is 6.54 Å². The topological polar surface area (TPSA) is 51.4 Å². The number of hydrogen-bond acceptors (Lipinski definition) is 4.